The summed E-state index contributed by atoms with van der Waals surface area (Å²) in [6.45, 7) is 4.81. The molecule has 0 bridgehead atoms. The molecule has 0 unspecified atom stereocenters. The second-order valence-corrected chi connectivity index (χ2v) is 4.34. The summed E-state index contributed by atoms with van der Waals surface area (Å²) in [5, 5.41) is 0. The fourth-order valence-corrected chi connectivity index (χ4v) is 2.06. The number of carbonyl (C=O) groups is 1. The van der Waals surface area contributed by atoms with Gasteiger partial charge >= 0.3 is 0 Å². The molecule has 0 saturated carbocycles. The van der Waals surface area contributed by atoms with Gasteiger partial charge in [-0.1, -0.05) is 6.07 Å². The van der Waals surface area contributed by atoms with Crippen LogP contribution in [0.2, 0.25) is 0 Å². The number of ether oxygens (including phenoxy) is 2. The molecule has 0 aliphatic heterocycles. The number of thioether (sulfide) groups is 1. The Morgan fingerprint density at radius 1 is 1.25 bits per heavy atom. The van der Waals surface area contributed by atoms with Crippen LogP contribution in [0.25, 0.3) is 0 Å². The third-order valence-electron chi connectivity index (χ3n) is 1.72. The molecule has 0 radical (unpaired) electrons. The molecule has 0 aliphatic carbocycles. The predicted molar refractivity (Wildman–Crippen MR) is 65.9 cm³/mol. The Morgan fingerprint density at radius 2 is 1.75 bits per heavy atom. The van der Waals surface area contributed by atoms with Crippen LogP contribution in [0.3, 0.4) is 0 Å². The van der Waals surface area contributed by atoms with Crippen LogP contribution >= 0.6 is 23.4 Å². The van der Waals surface area contributed by atoms with Crippen LogP contribution in [-0.4, -0.2) is 17.8 Å². The number of hydrogen-bond donors (Lipinski definition) is 0. The van der Waals surface area contributed by atoms with Crippen LogP contribution in [0.15, 0.2) is 23.1 Å². The van der Waals surface area contributed by atoms with Gasteiger partial charge in [0, 0.05) is 0 Å². The Hall–Kier alpha value is -0.870. The summed E-state index contributed by atoms with van der Waals surface area (Å²) in [5.74, 6) is 1.24. The molecule has 0 fully saturated rings. The minimum atomic E-state index is -0.506. The summed E-state index contributed by atoms with van der Waals surface area (Å²) >= 11 is 6.28. The summed E-state index contributed by atoms with van der Waals surface area (Å²) in [5.41, 5.74) is 0. The highest BCUT2D eigenvalue weighted by Crippen LogP contribution is 2.39. The van der Waals surface area contributed by atoms with E-state index in [9.17, 15) is 4.79 Å². The molecule has 0 atom stereocenters. The molecule has 1 aromatic carbocycles. The van der Waals surface area contributed by atoms with Gasteiger partial charge in [-0.3, -0.25) is 4.79 Å². The highest BCUT2D eigenvalue weighted by molar-refractivity contribution is 8.16. The van der Waals surface area contributed by atoms with E-state index in [-0.39, 0.29) is 0 Å². The first-order valence-corrected chi connectivity index (χ1v) is 6.14. The number of benzene rings is 1. The molecule has 16 heavy (non-hydrogen) atoms. The van der Waals surface area contributed by atoms with Crippen molar-refractivity contribution in [2.75, 3.05) is 13.2 Å². The lowest BCUT2D eigenvalue weighted by molar-refractivity contribution is 0.275. The lowest BCUT2D eigenvalue weighted by Gasteiger charge is -2.12. The van der Waals surface area contributed by atoms with Gasteiger partial charge in [0.1, 0.15) is 16.4 Å². The van der Waals surface area contributed by atoms with Crippen molar-refractivity contribution < 1.29 is 14.3 Å². The molecular formula is C11H13ClO3S. The van der Waals surface area contributed by atoms with E-state index in [1.165, 1.54) is 0 Å². The number of carbonyl (C=O) groups excluding carboxylic acids is 1. The topological polar surface area (TPSA) is 35.5 Å². The predicted octanol–water partition coefficient (Wildman–Crippen LogP) is 3.93. The number of hydrogen-bond acceptors (Lipinski definition) is 4. The van der Waals surface area contributed by atoms with Gasteiger partial charge in [-0.05, 0) is 49.3 Å². The largest absolute Gasteiger partial charge is 0.493 e. The van der Waals surface area contributed by atoms with Crippen LogP contribution in [-0.2, 0) is 0 Å². The van der Waals surface area contributed by atoms with E-state index in [4.69, 9.17) is 21.1 Å². The first kappa shape index (κ1) is 13.2. The van der Waals surface area contributed by atoms with E-state index in [2.05, 4.69) is 0 Å². The molecule has 0 amide bonds. The van der Waals surface area contributed by atoms with Gasteiger partial charge in [0.2, 0.25) is 0 Å². The summed E-state index contributed by atoms with van der Waals surface area (Å²) in [6, 6.07) is 5.39. The molecular weight excluding hydrogens is 248 g/mol. The standard InChI is InChI=1S/C11H13ClO3S/c1-3-14-8-6-5-7-9(15-4-2)10(8)16-11(12)13/h5-7H,3-4H2,1-2H3. The number of rotatable bonds is 5. The fraction of sp³-hybridized carbons (Fsp3) is 0.364. The Labute approximate surface area is 104 Å². The summed E-state index contributed by atoms with van der Waals surface area (Å²) in [7, 11) is 0. The molecule has 0 spiro atoms. The average molecular weight is 261 g/mol. The van der Waals surface area contributed by atoms with Crippen molar-refractivity contribution in [2.24, 2.45) is 0 Å². The monoisotopic (exact) mass is 260 g/mol. The van der Waals surface area contributed by atoms with Crippen molar-refractivity contribution in [1.29, 1.82) is 0 Å². The first-order valence-electron chi connectivity index (χ1n) is 4.95. The van der Waals surface area contributed by atoms with Crippen LogP contribution in [0.5, 0.6) is 11.5 Å². The van der Waals surface area contributed by atoms with Gasteiger partial charge in [0.05, 0.1) is 13.2 Å². The highest BCUT2D eigenvalue weighted by atomic mass is 35.5. The normalized spacial score (nSPS) is 9.94. The van der Waals surface area contributed by atoms with Gasteiger partial charge in [-0.25, -0.2) is 0 Å². The second-order valence-electron chi connectivity index (χ2n) is 2.79. The summed E-state index contributed by atoms with van der Waals surface area (Å²) < 4.78 is 10.3. The zero-order valence-corrected chi connectivity index (χ0v) is 10.7. The first-order chi connectivity index (χ1) is 7.69. The third kappa shape index (κ3) is 3.61. The minimum Gasteiger partial charge on any atom is -0.493 e. The van der Waals surface area contributed by atoms with Crippen LogP contribution in [0.1, 0.15) is 13.8 Å². The SMILES string of the molecule is CCOc1cccc(OCC)c1SC(=O)Cl. The van der Waals surface area contributed by atoms with E-state index in [0.29, 0.717) is 29.6 Å². The molecule has 0 heterocycles. The maximum Gasteiger partial charge on any atom is 0.284 e. The van der Waals surface area contributed by atoms with Gasteiger partial charge in [0.15, 0.2) is 0 Å². The summed E-state index contributed by atoms with van der Waals surface area (Å²) in [4.78, 5) is 11.6. The van der Waals surface area contributed by atoms with Crippen molar-refractivity contribution in [2.45, 2.75) is 18.7 Å². The molecule has 0 saturated heterocycles. The smallest absolute Gasteiger partial charge is 0.284 e. The van der Waals surface area contributed by atoms with Crippen LogP contribution in [0, 0.1) is 0 Å². The second kappa shape index (κ2) is 6.66. The molecule has 0 aromatic heterocycles. The molecule has 1 rings (SSSR count). The van der Waals surface area contributed by atoms with Crippen LogP contribution < -0.4 is 9.47 Å². The molecule has 5 heteroatoms. The highest BCUT2D eigenvalue weighted by Gasteiger charge is 2.14. The average Bonchev–Trinajstić information content (AvgIpc) is 2.23. The van der Waals surface area contributed by atoms with E-state index < -0.39 is 4.57 Å². The quantitative estimate of drug-likeness (QED) is 0.593. The summed E-state index contributed by atoms with van der Waals surface area (Å²) in [6.07, 6.45) is 0. The van der Waals surface area contributed by atoms with E-state index >= 15 is 0 Å². The Balaban J connectivity index is 3.06. The van der Waals surface area contributed by atoms with E-state index in [1.54, 1.807) is 12.1 Å². The van der Waals surface area contributed by atoms with Crippen LogP contribution in [0.4, 0.5) is 4.79 Å². The van der Waals surface area contributed by atoms with Gasteiger partial charge in [-0.15, -0.1) is 0 Å². The Bertz CT molecular complexity index is 344. The molecule has 88 valence electrons. The molecule has 0 N–H and O–H groups in total. The van der Waals surface area contributed by atoms with E-state index in [1.807, 2.05) is 19.9 Å². The minimum absolute atomic E-state index is 0.506. The number of halogens is 1. The van der Waals surface area contributed by atoms with Crippen molar-refractivity contribution in [3.05, 3.63) is 18.2 Å². The van der Waals surface area contributed by atoms with Crippen molar-refractivity contribution >= 4 is 27.9 Å². The Morgan fingerprint density at radius 3 is 2.12 bits per heavy atom. The van der Waals surface area contributed by atoms with Crippen molar-refractivity contribution in [1.82, 2.24) is 0 Å². The molecule has 0 aliphatic rings. The Kier molecular flexibility index (Phi) is 5.49. The lowest BCUT2D eigenvalue weighted by Crippen LogP contribution is -1.98. The third-order valence-corrected chi connectivity index (χ3v) is 2.72. The van der Waals surface area contributed by atoms with E-state index in [0.717, 1.165) is 11.8 Å². The van der Waals surface area contributed by atoms with Gasteiger partial charge in [-0.2, -0.15) is 0 Å². The maximum absolute atomic E-state index is 10.9. The zero-order chi connectivity index (χ0) is 12.0. The van der Waals surface area contributed by atoms with Crippen molar-refractivity contribution in [3.8, 4) is 11.5 Å². The van der Waals surface area contributed by atoms with Gasteiger partial charge < -0.3 is 9.47 Å². The fourth-order valence-electron chi connectivity index (χ4n) is 1.21. The van der Waals surface area contributed by atoms with Gasteiger partial charge in [0.25, 0.3) is 4.57 Å². The lowest BCUT2D eigenvalue weighted by atomic mass is 10.3. The molecule has 1 aromatic rings. The molecule has 3 nitrogen and oxygen atoms in total. The van der Waals surface area contributed by atoms with Crippen molar-refractivity contribution in [3.63, 3.8) is 0 Å². The zero-order valence-electron chi connectivity index (χ0n) is 9.16. The maximum atomic E-state index is 10.9.